The molecule has 5 heteroatoms. The second-order valence-electron chi connectivity index (χ2n) is 18.1. The third-order valence-corrected chi connectivity index (χ3v) is 12.0. The molecule has 0 aromatic heterocycles. The molecule has 1 unspecified atom stereocenters. The number of allylic oxidation sites excluding steroid dienone is 4. The molecule has 0 aliphatic carbocycles. The Kier molecular flexibility index (Phi) is 50.3. The molecule has 0 aliphatic rings. The minimum Gasteiger partial charge on any atom is -0.462 e. The smallest absolute Gasteiger partial charge is 0.306 e. The van der Waals surface area contributed by atoms with Crippen LogP contribution in [0.4, 0.5) is 0 Å². The summed E-state index contributed by atoms with van der Waals surface area (Å²) >= 11 is 0. The summed E-state index contributed by atoms with van der Waals surface area (Å²) < 4.78 is 17.4. The summed E-state index contributed by atoms with van der Waals surface area (Å²) in [4.78, 5) is 25.4. The fourth-order valence-electron chi connectivity index (χ4n) is 7.91. The predicted molar refractivity (Wildman–Crippen MR) is 261 cm³/mol. The van der Waals surface area contributed by atoms with Crippen LogP contribution in [-0.2, 0) is 23.8 Å². The maximum Gasteiger partial charge on any atom is 0.306 e. The molecule has 0 spiro atoms. The second-order valence-corrected chi connectivity index (χ2v) is 18.1. The Morgan fingerprint density at radius 1 is 0.350 bits per heavy atom. The number of ether oxygens (including phenoxy) is 3. The van der Waals surface area contributed by atoms with Crippen LogP contribution in [0.15, 0.2) is 24.3 Å². The molecule has 0 heterocycles. The van der Waals surface area contributed by atoms with Gasteiger partial charge in [0.05, 0.1) is 6.61 Å². The minimum absolute atomic E-state index is 0.0869. The van der Waals surface area contributed by atoms with Crippen molar-refractivity contribution in [3.63, 3.8) is 0 Å². The highest BCUT2D eigenvalue weighted by molar-refractivity contribution is 5.70. The highest BCUT2D eigenvalue weighted by atomic mass is 16.6. The van der Waals surface area contributed by atoms with Gasteiger partial charge in [0.1, 0.15) is 6.61 Å². The van der Waals surface area contributed by atoms with Crippen LogP contribution in [0, 0.1) is 0 Å². The van der Waals surface area contributed by atoms with Gasteiger partial charge < -0.3 is 14.2 Å². The number of hydrogen-bond donors (Lipinski definition) is 0. The quantitative estimate of drug-likeness (QED) is 0.0347. The van der Waals surface area contributed by atoms with Gasteiger partial charge >= 0.3 is 11.9 Å². The molecule has 60 heavy (non-hydrogen) atoms. The number of carbonyl (C=O) groups excluding carboxylic acids is 2. The Morgan fingerprint density at radius 3 is 1.02 bits per heavy atom. The summed E-state index contributed by atoms with van der Waals surface area (Å²) in [6.45, 7) is 7.85. The van der Waals surface area contributed by atoms with E-state index in [1.165, 1.54) is 218 Å². The second kappa shape index (κ2) is 51.7. The van der Waals surface area contributed by atoms with Crippen molar-refractivity contribution in [2.24, 2.45) is 0 Å². The van der Waals surface area contributed by atoms with Crippen molar-refractivity contribution in [3.8, 4) is 0 Å². The van der Waals surface area contributed by atoms with Gasteiger partial charge in [-0.25, -0.2) is 0 Å². The molecular formula is C55H104O5. The van der Waals surface area contributed by atoms with Gasteiger partial charge in [-0.2, -0.15) is 0 Å². The Balaban J connectivity index is 4.20. The normalized spacial score (nSPS) is 12.2. The molecular weight excluding hydrogens is 741 g/mol. The first-order valence-corrected chi connectivity index (χ1v) is 26.9. The Morgan fingerprint density at radius 2 is 0.650 bits per heavy atom. The highest BCUT2D eigenvalue weighted by Crippen LogP contribution is 2.15. The molecule has 0 bridgehead atoms. The van der Waals surface area contributed by atoms with Gasteiger partial charge in [-0.05, 0) is 70.6 Å². The van der Waals surface area contributed by atoms with E-state index in [0.717, 1.165) is 38.5 Å². The number of unbranched alkanes of at least 4 members (excludes halogenated alkanes) is 35. The van der Waals surface area contributed by atoms with Crippen LogP contribution in [-0.4, -0.2) is 37.9 Å². The van der Waals surface area contributed by atoms with E-state index in [1.807, 2.05) is 0 Å². The van der Waals surface area contributed by atoms with Gasteiger partial charge in [0.25, 0.3) is 0 Å². The average Bonchev–Trinajstić information content (AvgIpc) is 3.25. The molecule has 0 aliphatic heterocycles. The van der Waals surface area contributed by atoms with E-state index in [-0.39, 0.29) is 25.2 Å². The average molecular weight is 845 g/mol. The predicted octanol–water partition coefficient (Wildman–Crippen LogP) is 18.0. The molecule has 354 valence electrons. The third kappa shape index (κ3) is 49.0. The summed E-state index contributed by atoms with van der Waals surface area (Å²) in [6, 6.07) is 0. The number of rotatable bonds is 50. The van der Waals surface area contributed by atoms with Crippen LogP contribution in [0.25, 0.3) is 0 Å². The Bertz CT molecular complexity index is 913. The molecule has 0 fully saturated rings. The van der Waals surface area contributed by atoms with Crippen LogP contribution < -0.4 is 0 Å². The van der Waals surface area contributed by atoms with E-state index < -0.39 is 6.10 Å². The lowest BCUT2D eigenvalue weighted by Crippen LogP contribution is -2.30. The molecule has 0 saturated heterocycles. The first-order chi connectivity index (χ1) is 29.6. The van der Waals surface area contributed by atoms with Gasteiger partial charge in [-0.1, -0.05) is 231 Å². The maximum absolute atomic E-state index is 12.8. The first-order valence-electron chi connectivity index (χ1n) is 26.9. The fraction of sp³-hybridized carbons (Fsp3) is 0.891. The van der Waals surface area contributed by atoms with Gasteiger partial charge in [-0.15, -0.1) is 0 Å². The van der Waals surface area contributed by atoms with Crippen molar-refractivity contribution >= 4 is 11.9 Å². The molecule has 0 saturated carbocycles. The van der Waals surface area contributed by atoms with E-state index in [4.69, 9.17) is 14.2 Å². The largest absolute Gasteiger partial charge is 0.462 e. The van der Waals surface area contributed by atoms with Crippen LogP contribution in [0.3, 0.4) is 0 Å². The lowest BCUT2D eigenvalue weighted by Gasteiger charge is -2.18. The summed E-state index contributed by atoms with van der Waals surface area (Å²) in [5.74, 6) is -0.389. The van der Waals surface area contributed by atoms with E-state index >= 15 is 0 Å². The lowest BCUT2D eigenvalue weighted by molar-refractivity contribution is -0.163. The summed E-state index contributed by atoms with van der Waals surface area (Å²) in [6.07, 6.45) is 60.4. The molecule has 1 atom stereocenters. The number of esters is 2. The first kappa shape index (κ1) is 58.4. The zero-order valence-electron chi connectivity index (χ0n) is 40.7. The van der Waals surface area contributed by atoms with Crippen molar-refractivity contribution in [3.05, 3.63) is 24.3 Å². The van der Waals surface area contributed by atoms with Crippen molar-refractivity contribution in [2.75, 3.05) is 19.8 Å². The summed E-state index contributed by atoms with van der Waals surface area (Å²) in [7, 11) is 0. The highest BCUT2D eigenvalue weighted by Gasteiger charge is 2.17. The SMILES string of the molecule is CCCCCCCC/C=C\CCCCCCCCCC(=O)OCC(COCCCCCCCC/C=C\CCCCCCCC)OC(=O)CCCCCCCCCCCCC. The molecule has 5 nitrogen and oxygen atoms in total. The van der Waals surface area contributed by atoms with Crippen molar-refractivity contribution in [2.45, 2.75) is 297 Å². The Labute approximate surface area is 375 Å². The monoisotopic (exact) mass is 845 g/mol. The van der Waals surface area contributed by atoms with E-state index in [1.54, 1.807) is 0 Å². The van der Waals surface area contributed by atoms with E-state index in [2.05, 4.69) is 45.1 Å². The van der Waals surface area contributed by atoms with E-state index in [0.29, 0.717) is 19.4 Å². The molecule has 0 N–H and O–H groups in total. The Hall–Kier alpha value is -1.62. The fourth-order valence-corrected chi connectivity index (χ4v) is 7.91. The lowest BCUT2D eigenvalue weighted by atomic mass is 10.1. The van der Waals surface area contributed by atoms with Crippen LogP contribution in [0.1, 0.15) is 290 Å². The molecule has 0 radical (unpaired) electrons. The molecule has 0 aromatic carbocycles. The van der Waals surface area contributed by atoms with Gasteiger partial charge in [0.15, 0.2) is 6.10 Å². The van der Waals surface area contributed by atoms with Gasteiger partial charge in [-0.3, -0.25) is 9.59 Å². The van der Waals surface area contributed by atoms with Crippen molar-refractivity contribution in [1.29, 1.82) is 0 Å². The molecule has 0 aromatic rings. The molecule has 0 rings (SSSR count). The van der Waals surface area contributed by atoms with Crippen LogP contribution in [0.2, 0.25) is 0 Å². The summed E-state index contributed by atoms with van der Waals surface area (Å²) in [5.41, 5.74) is 0. The van der Waals surface area contributed by atoms with E-state index in [9.17, 15) is 9.59 Å². The van der Waals surface area contributed by atoms with Crippen LogP contribution >= 0.6 is 0 Å². The zero-order chi connectivity index (χ0) is 43.5. The van der Waals surface area contributed by atoms with Gasteiger partial charge in [0.2, 0.25) is 0 Å². The third-order valence-electron chi connectivity index (χ3n) is 12.0. The topological polar surface area (TPSA) is 61.8 Å². The van der Waals surface area contributed by atoms with Gasteiger partial charge in [0, 0.05) is 19.4 Å². The van der Waals surface area contributed by atoms with Crippen molar-refractivity contribution in [1.82, 2.24) is 0 Å². The standard InChI is InChI=1S/C55H104O5/c1-4-7-10-13-16-19-22-24-26-28-29-31-34-36-39-42-45-48-54(56)59-52-53(60-55(57)49-46-43-40-37-33-21-18-15-12-9-6-3)51-58-50-47-44-41-38-35-32-30-27-25-23-20-17-14-11-8-5-2/h24-27,53H,4-23,28-52H2,1-3H3/b26-24-,27-25-. The zero-order valence-corrected chi connectivity index (χ0v) is 40.7. The number of hydrogen-bond acceptors (Lipinski definition) is 5. The number of carbonyl (C=O) groups is 2. The molecule has 0 amide bonds. The van der Waals surface area contributed by atoms with Crippen LogP contribution in [0.5, 0.6) is 0 Å². The van der Waals surface area contributed by atoms with Crippen molar-refractivity contribution < 1.29 is 23.8 Å². The maximum atomic E-state index is 12.8. The minimum atomic E-state index is -0.534. The summed E-state index contributed by atoms with van der Waals surface area (Å²) in [5, 5.41) is 0.